The molecule has 0 radical (unpaired) electrons. The van der Waals surface area contributed by atoms with Gasteiger partial charge in [0.25, 0.3) is 0 Å². The van der Waals surface area contributed by atoms with Gasteiger partial charge < -0.3 is 10.4 Å². The van der Waals surface area contributed by atoms with Crippen molar-refractivity contribution >= 4 is 23.2 Å². The third kappa shape index (κ3) is 5.48. The lowest BCUT2D eigenvalue weighted by atomic mass is 10.1. The minimum Gasteiger partial charge on any atom is -0.391 e. The van der Waals surface area contributed by atoms with Gasteiger partial charge in [0.2, 0.25) is 5.95 Å². The summed E-state index contributed by atoms with van der Waals surface area (Å²) >= 11 is 6.08. The van der Waals surface area contributed by atoms with Gasteiger partial charge in [0, 0.05) is 23.0 Å². The quantitative estimate of drug-likeness (QED) is 0.507. The van der Waals surface area contributed by atoms with Gasteiger partial charge in [-0.3, -0.25) is 0 Å². The first kappa shape index (κ1) is 21.1. The van der Waals surface area contributed by atoms with Crippen molar-refractivity contribution < 1.29 is 13.9 Å². The first-order valence-corrected chi connectivity index (χ1v) is 9.73. The maximum Gasteiger partial charge on any atom is 0.247 e. The average molecular weight is 422 g/mol. The molecule has 0 aliphatic carbocycles. The molecule has 0 bridgehead atoms. The van der Waals surface area contributed by atoms with Gasteiger partial charge in [-0.1, -0.05) is 31.4 Å². The molecule has 3 rings (SSSR count). The Balaban J connectivity index is 1.94. The number of hydrogen-bond acceptors (Lipinski definition) is 5. The van der Waals surface area contributed by atoms with Crippen LogP contribution in [0.3, 0.4) is 0 Å². The minimum atomic E-state index is -0.971. The second kappa shape index (κ2) is 9.28. The highest BCUT2D eigenvalue weighted by molar-refractivity contribution is 6.29. The molecule has 3 aromatic rings. The van der Waals surface area contributed by atoms with Crippen molar-refractivity contribution in [2.45, 2.75) is 45.8 Å². The van der Waals surface area contributed by atoms with E-state index < -0.39 is 17.7 Å². The molecule has 1 aromatic carbocycles. The SMILES string of the molecule is CCCCC(O)Cn1nc(Nc2ccc(F)c(F)c2)nc1-c1cc(C)nc(Cl)c1. The van der Waals surface area contributed by atoms with Crippen LogP contribution < -0.4 is 5.32 Å². The number of rotatable bonds is 8. The Morgan fingerprint density at radius 2 is 1.97 bits per heavy atom. The fraction of sp³-hybridized carbons (Fsp3) is 0.350. The van der Waals surface area contributed by atoms with Crippen LogP contribution >= 0.6 is 11.6 Å². The summed E-state index contributed by atoms with van der Waals surface area (Å²) in [6.07, 6.45) is 1.91. The zero-order chi connectivity index (χ0) is 21.0. The van der Waals surface area contributed by atoms with Crippen molar-refractivity contribution in [2.24, 2.45) is 0 Å². The summed E-state index contributed by atoms with van der Waals surface area (Å²) in [4.78, 5) is 8.62. The van der Waals surface area contributed by atoms with Crippen LogP contribution in [0, 0.1) is 18.6 Å². The van der Waals surface area contributed by atoms with E-state index in [0.29, 0.717) is 34.3 Å². The predicted octanol–water partition coefficient (Wildman–Crippen LogP) is 4.87. The fourth-order valence-corrected chi connectivity index (χ4v) is 3.18. The summed E-state index contributed by atoms with van der Waals surface area (Å²) < 4.78 is 28.2. The summed E-state index contributed by atoms with van der Waals surface area (Å²) in [6, 6.07) is 6.92. The third-order valence-electron chi connectivity index (χ3n) is 4.30. The molecule has 0 spiro atoms. The molecule has 154 valence electrons. The number of nitrogens with zero attached hydrogens (tertiary/aromatic N) is 4. The smallest absolute Gasteiger partial charge is 0.247 e. The molecule has 0 saturated carbocycles. The van der Waals surface area contributed by atoms with Crippen molar-refractivity contribution in [1.82, 2.24) is 19.7 Å². The maximum atomic E-state index is 13.5. The molecular weight excluding hydrogens is 400 g/mol. The second-order valence-electron chi connectivity index (χ2n) is 6.81. The first-order chi connectivity index (χ1) is 13.9. The number of aliphatic hydroxyl groups is 1. The van der Waals surface area contributed by atoms with Gasteiger partial charge >= 0.3 is 0 Å². The zero-order valence-electron chi connectivity index (χ0n) is 16.2. The number of anilines is 2. The Morgan fingerprint density at radius 1 is 1.17 bits per heavy atom. The molecule has 0 amide bonds. The number of benzene rings is 1. The molecule has 29 heavy (non-hydrogen) atoms. The molecule has 9 heteroatoms. The first-order valence-electron chi connectivity index (χ1n) is 9.35. The number of halogens is 3. The summed E-state index contributed by atoms with van der Waals surface area (Å²) in [6.45, 7) is 4.10. The molecule has 2 aromatic heterocycles. The number of pyridine rings is 1. The van der Waals surface area contributed by atoms with Gasteiger partial charge in [-0.25, -0.2) is 18.4 Å². The van der Waals surface area contributed by atoms with Crippen LogP contribution in [0.2, 0.25) is 5.15 Å². The van der Waals surface area contributed by atoms with Crippen LogP contribution in [0.15, 0.2) is 30.3 Å². The van der Waals surface area contributed by atoms with Crippen LogP contribution in [0.25, 0.3) is 11.4 Å². The Kier molecular flexibility index (Phi) is 6.76. The van der Waals surface area contributed by atoms with Crippen LogP contribution in [0.4, 0.5) is 20.4 Å². The monoisotopic (exact) mass is 421 g/mol. The van der Waals surface area contributed by atoms with Gasteiger partial charge in [0.1, 0.15) is 5.15 Å². The predicted molar refractivity (Wildman–Crippen MR) is 108 cm³/mol. The van der Waals surface area contributed by atoms with Crippen molar-refractivity contribution in [1.29, 1.82) is 0 Å². The molecule has 1 unspecified atom stereocenters. The van der Waals surface area contributed by atoms with Crippen molar-refractivity contribution in [2.75, 3.05) is 5.32 Å². The number of hydrogen-bond donors (Lipinski definition) is 2. The molecular formula is C20H22ClF2N5O. The summed E-state index contributed by atoms with van der Waals surface area (Å²) in [5, 5.41) is 17.9. The highest BCUT2D eigenvalue weighted by Crippen LogP contribution is 2.25. The standard InChI is InChI=1S/C20H22ClF2N5O/c1-3-4-5-15(29)11-28-19(13-8-12(2)24-18(21)9-13)26-20(27-28)25-14-6-7-16(22)17(23)10-14/h6-10,15,29H,3-5,11H2,1-2H3,(H,25,27). The van der Waals surface area contributed by atoms with Crippen molar-refractivity contribution in [3.05, 3.63) is 52.8 Å². The van der Waals surface area contributed by atoms with Crippen molar-refractivity contribution in [3.8, 4) is 11.4 Å². The van der Waals surface area contributed by atoms with Crippen LogP contribution in [0.1, 0.15) is 31.9 Å². The molecule has 0 saturated heterocycles. The van der Waals surface area contributed by atoms with Crippen LogP contribution in [-0.2, 0) is 6.54 Å². The van der Waals surface area contributed by atoms with Gasteiger partial charge in [0.05, 0.1) is 12.6 Å². The van der Waals surface area contributed by atoms with Crippen molar-refractivity contribution in [3.63, 3.8) is 0 Å². The number of aromatic nitrogens is 4. The largest absolute Gasteiger partial charge is 0.391 e. The van der Waals surface area contributed by atoms with E-state index in [0.717, 1.165) is 25.0 Å². The average Bonchev–Trinajstić information content (AvgIpc) is 3.04. The highest BCUT2D eigenvalue weighted by Gasteiger charge is 2.17. The van der Waals surface area contributed by atoms with E-state index in [9.17, 15) is 13.9 Å². The number of unbranched alkanes of at least 4 members (excludes halogenated alkanes) is 1. The maximum absolute atomic E-state index is 13.5. The topological polar surface area (TPSA) is 75.9 Å². The molecule has 0 aliphatic rings. The molecule has 0 aliphatic heterocycles. The lowest BCUT2D eigenvalue weighted by molar-refractivity contribution is 0.137. The van der Waals surface area contributed by atoms with E-state index in [-0.39, 0.29) is 12.5 Å². The molecule has 2 heterocycles. The summed E-state index contributed by atoms with van der Waals surface area (Å²) in [7, 11) is 0. The lowest BCUT2D eigenvalue weighted by Gasteiger charge is -2.12. The Hall–Kier alpha value is -2.58. The van der Waals surface area contributed by atoms with E-state index in [1.807, 2.05) is 13.0 Å². The fourth-order valence-electron chi connectivity index (χ4n) is 2.93. The minimum absolute atomic E-state index is 0.194. The van der Waals surface area contributed by atoms with E-state index >= 15 is 0 Å². The Morgan fingerprint density at radius 3 is 2.66 bits per heavy atom. The van der Waals surface area contributed by atoms with E-state index in [4.69, 9.17) is 11.6 Å². The second-order valence-corrected chi connectivity index (χ2v) is 7.20. The summed E-state index contributed by atoms with van der Waals surface area (Å²) in [5.74, 6) is -1.23. The van der Waals surface area contributed by atoms with Gasteiger partial charge in [-0.05, 0) is 37.6 Å². The molecule has 0 fully saturated rings. The molecule has 2 N–H and O–H groups in total. The highest BCUT2D eigenvalue weighted by atomic mass is 35.5. The van der Waals surface area contributed by atoms with E-state index in [1.54, 1.807) is 10.7 Å². The number of nitrogens with one attached hydrogen (secondary N) is 1. The van der Waals surface area contributed by atoms with Gasteiger partial charge in [-0.2, -0.15) is 4.98 Å². The normalized spacial score (nSPS) is 12.2. The zero-order valence-corrected chi connectivity index (χ0v) is 16.9. The summed E-state index contributed by atoms with van der Waals surface area (Å²) in [5.41, 5.74) is 1.71. The van der Waals surface area contributed by atoms with Gasteiger partial charge in [-0.15, -0.1) is 5.10 Å². The number of aryl methyl sites for hydroxylation is 1. The van der Waals surface area contributed by atoms with Gasteiger partial charge in [0.15, 0.2) is 17.5 Å². The number of aliphatic hydroxyl groups excluding tert-OH is 1. The Labute approximate surface area is 172 Å². The van der Waals surface area contributed by atoms with E-state index in [2.05, 4.69) is 27.3 Å². The van der Waals surface area contributed by atoms with Crippen LogP contribution in [0.5, 0.6) is 0 Å². The third-order valence-corrected chi connectivity index (χ3v) is 4.50. The molecule has 6 nitrogen and oxygen atoms in total. The molecule has 1 atom stereocenters. The van der Waals surface area contributed by atoms with E-state index in [1.165, 1.54) is 6.07 Å². The Bertz CT molecular complexity index is 975. The lowest BCUT2D eigenvalue weighted by Crippen LogP contribution is -2.18. The van der Waals surface area contributed by atoms with Crippen LogP contribution in [-0.4, -0.2) is 31.0 Å².